The topological polar surface area (TPSA) is 77.5 Å². The van der Waals surface area contributed by atoms with Crippen LogP contribution in [0, 0.1) is 11.8 Å². The third-order valence-electron chi connectivity index (χ3n) is 5.71. The second-order valence-electron chi connectivity index (χ2n) is 9.21. The molecule has 184 valence electrons. The number of hydrogen-bond acceptors (Lipinski definition) is 5. The summed E-state index contributed by atoms with van der Waals surface area (Å²) in [6, 6.07) is 0. The fourth-order valence-corrected chi connectivity index (χ4v) is 5.55. The fraction of sp³-hybridized carbons (Fsp3) is 0.952. The van der Waals surface area contributed by atoms with Crippen LogP contribution in [0.3, 0.4) is 0 Å². The lowest BCUT2D eigenvalue weighted by atomic mass is 9.97. The van der Waals surface area contributed by atoms with E-state index in [-0.39, 0.29) is 42.4 Å². The van der Waals surface area contributed by atoms with Gasteiger partial charge in [-0.05, 0) is 45.1 Å². The van der Waals surface area contributed by atoms with Gasteiger partial charge in [-0.25, -0.2) is 8.42 Å². The summed E-state index contributed by atoms with van der Waals surface area (Å²) < 4.78 is 32.1. The number of guanidine groups is 1. The lowest BCUT2D eigenvalue weighted by molar-refractivity contribution is 0.0904. The van der Waals surface area contributed by atoms with E-state index in [1.54, 1.807) is 11.4 Å². The molecule has 31 heavy (non-hydrogen) atoms. The standard InChI is InChI=1S/C21H43N5O3S.HI/c1-18(2)16-24-8-6-7-20(17-24)15-23-21(22-5)25-9-11-26(12-10-25)30(27,28)14-13-29-19(3)4;/h18-20H,6-17H2,1-5H3,(H,22,23);1H. The summed E-state index contributed by atoms with van der Waals surface area (Å²) in [5, 5.41) is 3.54. The van der Waals surface area contributed by atoms with Gasteiger partial charge in [-0.2, -0.15) is 4.31 Å². The first-order chi connectivity index (χ1) is 14.2. The van der Waals surface area contributed by atoms with Gasteiger partial charge in [0.05, 0.1) is 18.5 Å². The minimum atomic E-state index is -3.26. The maximum absolute atomic E-state index is 12.5. The van der Waals surface area contributed by atoms with Crippen LogP contribution in [-0.4, -0.2) is 106 Å². The summed E-state index contributed by atoms with van der Waals surface area (Å²) in [5.41, 5.74) is 0. The summed E-state index contributed by atoms with van der Waals surface area (Å²) in [7, 11) is -1.46. The minimum absolute atomic E-state index is 0. The van der Waals surface area contributed by atoms with Gasteiger partial charge >= 0.3 is 0 Å². The highest BCUT2D eigenvalue weighted by molar-refractivity contribution is 14.0. The lowest BCUT2D eigenvalue weighted by Gasteiger charge is -2.37. The number of sulfonamides is 1. The molecular weight excluding hydrogens is 529 g/mol. The van der Waals surface area contributed by atoms with E-state index in [1.165, 1.54) is 25.9 Å². The molecule has 2 fully saturated rings. The second-order valence-corrected chi connectivity index (χ2v) is 11.3. The summed E-state index contributed by atoms with van der Waals surface area (Å²) in [5.74, 6) is 2.27. The van der Waals surface area contributed by atoms with E-state index in [0.717, 1.165) is 19.0 Å². The monoisotopic (exact) mass is 573 g/mol. The Balaban J connectivity index is 0.00000480. The molecule has 0 saturated carbocycles. The van der Waals surface area contributed by atoms with Gasteiger partial charge in [0.1, 0.15) is 0 Å². The Morgan fingerprint density at radius 1 is 1.13 bits per heavy atom. The fourth-order valence-electron chi connectivity index (χ4n) is 4.26. The molecule has 0 radical (unpaired) electrons. The van der Waals surface area contributed by atoms with Gasteiger partial charge in [-0.3, -0.25) is 4.99 Å². The van der Waals surface area contributed by atoms with Crippen molar-refractivity contribution in [3.63, 3.8) is 0 Å². The number of nitrogens with zero attached hydrogens (tertiary/aromatic N) is 4. The molecule has 2 rings (SSSR count). The van der Waals surface area contributed by atoms with Crippen LogP contribution in [-0.2, 0) is 14.8 Å². The van der Waals surface area contributed by atoms with E-state index >= 15 is 0 Å². The zero-order valence-electron chi connectivity index (χ0n) is 20.0. The number of rotatable bonds is 9. The molecule has 2 aliphatic heterocycles. The molecule has 1 atom stereocenters. The highest BCUT2D eigenvalue weighted by Crippen LogP contribution is 2.17. The number of piperazine rings is 1. The Kier molecular flexibility index (Phi) is 13.2. The molecule has 0 spiro atoms. The Labute approximate surface area is 207 Å². The van der Waals surface area contributed by atoms with Crippen molar-refractivity contribution in [2.75, 3.05) is 71.8 Å². The van der Waals surface area contributed by atoms with Crippen LogP contribution in [0.1, 0.15) is 40.5 Å². The van der Waals surface area contributed by atoms with Crippen LogP contribution in [0.15, 0.2) is 4.99 Å². The van der Waals surface area contributed by atoms with Crippen molar-refractivity contribution >= 4 is 40.0 Å². The normalized spacial score (nSPS) is 22.1. The van der Waals surface area contributed by atoms with Crippen LogP contribution in [0.5, 0.6) is 0 Å². The average molecular weight is 574 g/mol. The number of likely N-dealkylation sites (tertiary alicyclic amines) is 1. The van der Waals surface area contributed by atoms with Crippen LogP contribution >= 0.6 is 24.0 Å². The zero-order chi connectivity index (χ0) is 22.1. The number of halogens is 1. The maximum atomic E-state index is 12.5. The first kappa shape index (κ1) is 28.9. The molecular formula is C21H44IN5O3S. The summed E-state index contributed by atoms with van der Waals surface area (Å²) in [6.07, 6.45) is 2.56. The van der Waals surface area contributed by atoms with Gasteiger partial charge in [-0.15, -0.1) is 24.0 Å². The van der Waals surface area contributed by atoms with Gasteiger partial charge in [0.2, 0.25) is 10.0 Å². The predicted octanol–water partition coefficient (Wildman–Crippen LogP) is 1.92. The number of ether oxygens (including phenoxy) is 1. The maximum Gasteiger partial charge on any atom is 0.216 e. The van der Waals surface area contributed by atoms with Gasteiger partial charge in [-0.1, -0.05) is 13.8 Å². The Morgan fingerprint density at radius 3 is 2.39 bits per heavy atom. The lowest BCUT2D eigenvalue weighted by Crippen LogP contribution is -2.55. The molecule has 1 unspecified atom stereocenters. The molecule has 2 saturated heterocycles. The molecule has 0 aliphatic carbocycles. The highest BCUT2D eigenvalue weighted by Gasteiger charge is 2.28. The third-order valence-corrected chi connectivity index (χ3v) is 7.55. The second kappa shape index (κ2) is 14.2. The summed E-state index contributed by atoms with van der Waals surface area (Å²) in [6.45, 7) is 15.4. The summed E-state index contributed by atoms with van der Waals surface area (Å²) >= 11 is 0. The van der Waals surface area contributed by atoms with Crippen molar-refractivity contribution < 1.29 is 13.2 Å². The molecule has 1 N–H and O–H groups in total. The first-order valence-corrected chi connectivity index (χ1v) is 13.1. The molecule has 10 heteroatoms. The van der Waals surface area contributed by atoms with E-state index in [2.05, 4.69) is 34.0 Å². The molecule has 0 aromatic rings. The minimum Gasteiger partial charge on any atom is -0.378 e. The van der Waals surface area contributed by atoms with E-state index in [0.29, 0.717) is 38.0 Å². The van der Waals surface area contributed by atoms with Crippen molar-refractivity contribution in [2.24, 2.45) is 16.8 Å². The Morgan fingerprint density at radius 2 is 1.81 bits per heavy atom. The Bertz CT molecular complexity index is 637. The van der Waals surface area contributed by atoms with Gasteiger partial charge in [0.15, 0.2) is 5.96 Å². The van der Waals surface area contributed by atoms with Crippen LogP contribution in [0.4, 0.5) is 0 Å². The van der Waals surface area contributed by atoms with Crippen molar-refractivity contribution in [3.8, 4) is 0 Å². The molecule has 2 heterocycles. The molecule has 2 aliphatic rings. The van der Waals surface area contributed by atoms with Crippen LogP contribution in [0.2, 0.25) is 0 Å². The molecule has 0 bridgehead atoms. The average Bonchev–Trinajstić information content (AvgIpc) is 2.68. The zero-order valence-corrected chi connectivity index (χ0v) is 23.2. The van der Waals surface area contributed by atoms with E-state index < -0.39 is 10.0 Å². The van der Waals surface area contributed by atoms with E-state index in [9.17, 15) is 8.42 Å². The number of piperidine rings is 1. The smallest absolute Gasteiger partial charge is 0.216 e. The Hall–Kier alpha value is -0.170. The van der Waals surface area contributed by atoms with Crippen LogP contribution in [0.25, 0.3) is 0 Å². The molecule has 0 aromatic heterocycles. The third kappa shape index (κ3) is 10.1. The van der Waals surface area contributed by atoms with Crippen molar-refractivity contribution in [1.29, 1.82) is 0 Å². The quantitative estimate of drug-likeness (QED) is 0.258. The summed E-state index contributed by atoms with van der Waals surface area (Å²) in [4.78, 5) is 9.20. The van der Waals surface area contributed by atoms with Gasteiger partial charge in [0, 0.05) is 52.9 Å². The van der Waals surface area contributed by atoms with Crippen molar-refractivity contribution in [3.05, 3.63) is 0 Å². The van der Waals surface area contributed by atoms with Gasteiger partial charge < -0.3 is 19.9 Å². The number of hydrogen-bond donors (Lipinski definition) is 1. The molecule has 8 nitrogen and oxygen atoms in total. The molecule has 0 amide bonds. The molecule has 0 aromatic carbocycles. The SMILES string of the molecule is CN=C(NCC1CCCN(CC(C)C)C1)N1CCN(S(=O)(=O)CCOC(C)C)CC1.I. The van der Waals surface area contributed by atoms with Crippen LogP contribution < -0.4 is 5.32 Å². The largest absolute Gasteiger partial charge is 0.378 e. The van der Waals surface area contributed by atoms with E-state index in [4.69, 9.17) is 4.74 Å². The van der Waals surface area contributed by atoms with E-state index in [1.807, 2.05) is 13.8 Å². The van der Waals surface area contributed by atoms with Crippen molar-refractivity contribution in [1.82, 2.24) is 19.4 Å². The van der Waals surface area contributed by atoms with Gasteiger partial charge in [0.25, 0.3) is 0 Å². The predicted molar refractivity (Wildman–Crippen MR) is 139 cm³/mol. The van der Waals surface area contributed by atoms with Crippen molar-refractivity contribution in [2.45, 2.75) is 46.6 Å². The number of aliphatic imine (C=N–C) groups is 1. The first-order valence-electron chi connectivity index (χ1n) is 11.5. The highest BCUT2D eigenvalue weighted by atomic mass is 127. The number of nitrogens with one attached hydrogen (secondary N) is 1.